The van der Waals surface area contributed by atoms with E-state index >= 15 is 0 Å². The van der Waals surface area contributed by atoms with Gasteiger partial charge in [-0.15, -0.1) is 0 Å². The van der Waals surface area contributed by atoms with Crippen molar-refractivity contribution in [1.29, 1.82) is 0 Å². The molecule has 0 saturated carbocycles. The van der Waals surface area contributed by atoms with Gasteiger partial charge in [-0.05, 0) is 12.5 Å². The Bertz CT molecular complexity index is 226. The second-order valence-electron chi connectivity index (χ2n) is 3.20. The van der Waals surface area contributed by atoms with Gasteiger partial charge in [0, 0.05) is 12.5 Å². The molecular weight excluding hydrogens is 147 g/mol. The maximum absolute atomic E-state index is 9.05. The molecule has 1 aromatic rings. The molecule has 0 aromatic heterocycles. The van der Waals surface area contributed by atoms with Crippen LogP contribution >= 0.6 is 0 Å². The molecule has 0 aliphatic carbocycles. The van der Waals surface area contributed by atoms with E-state index in [9.17, 15) is 0 Å². The minimum Gasteiger partial charge on any atom is -0.396 e. The van der Waals surface area contributed by atoms with Gasteiger partial charge in [0.05, 0.1) is 0 Å². The van der Waals surface area contributed by atoms with Crippen LogP contribution in [0.15, 0.2) is 24.3 Å². The molecule has 0 heterocycles. The first-order valence-corrected chi connectivity index (χ1v) is 4.45. The smallest absolute Gasteiger partial charge is 0.102 e. The SMILES string of the molecule is BCC(CO)c1ccc(C)cc1. The van der Waals surface area contributed by atoms with E-state index in [2.05, 4.69) is 39.0 Å². The Kier molecular flexibility index (Phi) is 3.36. The van der Waals surface area contributed by atoms with Gasteiger partial charge in [0.2, 0.25) is 0 Å². The first-order valence-electron chi connectivity index (χ1n) is 4.45. The van der Waals surface area contributed by atoms with E-state index < -0.39 is 0 Å². The summed E-state index contributed by atoms with van der Waals surface area (Å²) in [6, 6.07) is 8.38. The Morgan fingerprint density at radius 3 is 2.33 bits per heavy atom. The van der Waals surface area contributed by atoms with E-state index in [4.69, 9.17) is 5.11 Å². The van der Waals surface area contributed by atoms with Gasteiger partial charge in [-0.25, -0.2) is 0 Å². The van der Waals surface area contributed by atoms with Gasteiger partial charge in [-0.2, -0.15) is 0 Å². The molecule has 0 fully saturated rings. The van der Waals surface area contributed by atoms with Gasteiger partial charge >= 0.3 is 0 Å². The van der Waals surface area contributed by atoms with Crippen molar-refractivity contribution in [3.8, 4) is 0 Å². The average molecular weight is 162 g/mol. The molecule has 12 heavy (non-hydrogen) atoms. The Morgan fingerprint density at radius 2 is 1.92 bits per heavy atom. The topological polar surface area (TPSA) is 20.2 Å². The zero-order valence-electron chi connectivity index (χ0n) is 7.75. The maximum Gasteiger partial charge on any atom is 0.102 e. The Balaban J connectivity index is 2.80. The van der Waals surface area contributed by atoms with E-state index in [1.165, 1.54) is 11.1 Å². The molecule has 1 nitrogen and oxygen atoms in total. The van der Waals surface area contributed by atoms with E-state index in [-0.39, 0.29) is 6.61 Å². The predicted molar refractivity (Wildman–Crippen MR) is 54.4 cm³/mol. The quantitative estimate of drug-likeness (QED) is 0.660. The molecule has 0 aliphatic rings. The molecule has 1 atom stereocenters. The highest BCUT2D eigenvalue weighted by Gasteiger charge is 2.05. The monoisotopic (exact) mass is 162 g/mol. The number of aliphatic hydroxyl groups is 1. The molecule has 2 heteroatoms. The molecule has 0 spiro atoms. The van der Waals surface area contributed by atoms with Crippen LogP contribution < -0.4 is 0 Å². The maximum atomic E-state index is 9.05. The number of aliphatic hydroxyl groups excluding tert-OH is 1. The van der Waals surface area contributed by atoms with Crippen LogP contribution in [-0.2, 0) is 0 Å². The molecule has 0 amide bonds. The van der Waals surface area contributed by atoms with E-state index in [1.54, 1.807) is 0 Å². The lowest BCUT2D eigenvalue weighted by atomic mass is 9.86. The molecule has 1 unspecified atom stereocenters. The average Bonchev–Trinajstić information content (AvgIpc) is 2.10. The van der Waals surface area contributed by atoms with Crippen molar-refractivity contribution in [1.82, 2.24) is 0 Å². The van der Waals surface area contributed by atoms with Gasteiger partial charge in [0.25, 0.3) is 0 Å². The normalized spacial score (nSPS) is 12.8. The van der Waals surface area contributed by atoms with Gasteiger partial charge in [0.1, 0.15) is 7.85 Å². The number of benzene rings is 1. The fourth-order valence-corrected chi connectivity index (χ4v) is 1.31. The Hall–Kier alpha value is -0.755. The fraction of sp³-hybridized carbons (Fsp3) is 0.400. The standard InChI is InChI=1S/C10H15BO/c1-8-2-4-9(5-3-8)10(6-11)7-12/h2-5,10,12H,6-7,11H2,1H3. The third-order valence-electron chi connectivity index (χ3n) is 2.26. The molecule has 0 bridgehead atoms. The summed E-state index contributed by atoms with van der Waals surface area (Å²) in [7, 11) is 2.10. The second kappa shape index (κ2) is 4.32. The van der Waals surface area contributed by atoms with Crippen LogP contribution in [0, 0.1) is 6.92 Å². The van der Waals surface area contributed by atoms with Gasteiger partial charge in [-0.3, -0.25) is 0 Å². The minimum atomic E-state index is 0.250. The summed E-state index contributed by atoms with van der Waals surface area (Å²) in [4.78, 5) is 0. The Labute approximate surface area is 74.8 Å². The summed E-state index contributed by atoms with van der Waals surface area (Å²) in [5, 5.41) is 9.05. The number of rotatable bonds is 3. The molecule has 1 rings (SSSR count). The molecule has 0 saturated heterocycles. The largest absolute Gasteiger partial charge is 0.396 e. The Morgan fingerprint density at radius 1 is 1.33 bits per heavy atom. The lowest BCUT2D eigenvalue weighted by molar-refractivity contribution is 0.273. The van der Waals surface area contributed by atoms with E-state index in [0.717, 1.165) is 6.32 Å². The molecular formula is C10H15BO. The lowest BCUT2D eigenvalue weighted by Gasteiger charge is -2.11. The highest BCUT2D eigenvalue weighted by molar-refractivity contribution is 6.09. The van der Waals surface area contributed by atoms with Gasteiger partial charge in [0.15, 0.2) is 0 Å². The van der Waals surface area contributed by atoms with Gasteiger partial charge in [-0.1, -0.05) is 36.1 Å². The summed E-state index contributed by atoms with van der Waals surface area (Å²) in [6.45, 7) is 2.32. The van der Waals surface area contributed by atoms with Crippen molar-refractivity contribution in [3.63, 3.8) is 0 Å². The highest BCUT2D eigenvalue weighted by atomic mass is 16.3. The van der Waals surface area contributed by atoms with Crippen LogP contribution in [-0.4, -0.2) is 19.6 Å². The first-order chi connectivity index (χ1) is 5.77. The molecule has 0 aliphatic heterocycles. The predicted octanol–water partition coefficient (Wildman–Crippen LogP) is 1.12. The van der Waals surface area contributed by atoms with E-state index in [0.29, 0.717) is 5.92 Å². The summed E-state index contributed by atoms with van der Waals surface area (Å²) in [5.74, 6) is 0.311. The molecule has 1 N–H and O–H groups in total. The zero-order chi connectivity index (χ0) is 8.97. The van der Waals surface area contributed by atoms with Crippen LogP contribution in [0.4, 0.5) is 0 Å². The van der Waals surface area contributed by atoms with Crippen molar-refractivity contribution in [2.45, 2.75) is 19.2 Å². The zero-order valence-corrected chi connectivity index (χ0v) is 7.75. The number of hydrogen-bond donors (Lipinski definition) is 1. The fourth-order valence-electron chi connectivity index (χ4n) is 1.31. The number of hydrogen-bond acceptors (Lipinski definition) is 1. The van der Waals surface area contributed by atoms with Crippen molar-refractivity contribution in [2.24, 2.45) is 0 Å². The van der Waals surface area contributed by atoms with Gasteiger partial charge < -0.3 is 5.11 Å². The summed E-state index contributed by atoms with van der Waals surface area (Å²) in [5.41, 5.74) is 2.51. The van der Waals surface area contributed by atoms with Crippen LogP contribution in [0.3, 0.4) is 0 Å². The van der Waals surface area contributed by atoms with Crippen LogP contribution in [0.5, 0.6) is 0 Å². The molecule has 0 radical (unpaired) electrons. The lowest BCUT2D eigenvalue weighted by Crippen LogP contribution is -2.02. The molecule has 1 aromatic carbocycles. The first kappa shape index (κ1) is 9.33. The van der Waals surface area contributed by atoms with Crippen LogP contribution in [0.1, 0.15) is 17.0 Å². The summed E-state index contributed by atoms with van der Waals surface area (Å²) < 4.78 is 0. The highest BCUT2D eigenvalue weighted by Crippen LogP contribution is 2.18. The minimum absolute atomic E-state index is 0.250. The van der Waals surface area contributed by atoms with Crippen LogP contribution in [0.2, 0.25) is 6.32 Å². The van der Waals surface area contributed by atoms with Crippen LogP contribution in [0.25, 0.3) is 0 Å². The summed E-state index contributed by atoms with van der Waals surface area (Å²) in [6.07, 6.45) is 1.000. The molecule has 64 valence electrons. The van der Waals surface area contributed by atoms with Crippen molar-refractivity contribution >= 4 is 7.85 Å². The second-order valence-corrected chi connectivity index (χ2v) is 3.20. The van der Waals surface area contributed by atoms with Crippen molar-refractivity contribution in [3.05, 3.63) is 35.4 Å². The van der Waals surface area contributed by atoms with Crippen molar-refractivity contribution in [2.75, 3.05) is 6.61 Å². The van der Waals surface area contributed by atoms with Crippen molar-refractivity contribution < 1.29 is 5.11 Å². The number of aryl methyl sites for hydroxylation is 1. The summed E-state index contributed by atoms with van der Waals surface area (Å²) >= 11 is 0. The van der Waals surface area contributed by atoms with E-state index in [1.807, 2.05) is 0 Å². The third kappa shape index (κ3) is 2.11. The third-order valence-corrected chi connectivity index (χ3v) is 2.26.